The van der Waals surface area contributed by atoms with Crippen LogP contribution in [-0.2, 0) is 11.2 Å². The molecule has 0 fully saturated rings. The molecule has 0 aromatic heterocycles. The Hall–Kier alpha value is -2.49. The van der Waals surface area contributed by atoms with Crippen LogP contribution in [0.5, 0.6) is 5.75 Å². The molecule has 22 heavy (non-hydrogen) atoms. The fourth-order valence-corrected chi connectivity index (χ4v) is 2.89. The molecule has 0 unspecified atom stereocenters. The van der Waals surface area contributed by atoms with Crippen molar-refractivity contribution in [3.8, 4) is 5.75 Å². The number of nitrogens with one attached hydrogen (secondary N) is 1. The molecule has 0 saturated heterocycles. The molecule has 1 aliphatic heterocycles. The van der Waals surface area contributed by atoms with Crippen molar-refractivity contribution in [2.45, 2.75) is 19.4 Å². The van der Waals surface area contributed by atoms with Crippen LogP contribution in [-0.4, -0.2) is 25.6 Å². The molecule has 1 amide bonds. The Morgan fingerprint density at radius 3 is 2.73 bits per heavy atom. The summed E-state index contributed by atoms with van der Waals surface area (Å²) >= 11 is 0. The standard InChI is InChI=1S/C18H20N2O2/c1-13(20-12-11-14-7-3-5-9-16(14)20)18(21)19-15-8-4-6-10-17(15)22-2/h3-10,13H,11-12H2,1-2H3,(H,19,21)/t13-/m1/s1. The minimum absolute atomic E-state index is 0.0267. The smallest absolute Gasteiger partial charge is 0.246 e. The normalized spacial score (nSPS) is 14.4. The molecule has 0 bridgehead atoms. The van der Waals surface area contributed by atoms with Crippen molar-refractivity contribution < 1.29 is 9.53 Å². The molecule has 1 N–H and O–H groups in total. The summed E-state index contributed by atoms with van der Waals surface area (Å²) in [7, 11) is 1.60. The number of hydrogen-bond donors (Lipinski definition) is 1. The van der Waals surface area contributed by atoms with Crippen molar-refractivity contribution in [3.05, 3.63) is 54.1 Å². The van der Waals surface area contributed by atoms with E-state index in [0.717, 1.165) is 18.7 Å². The topological polar surface area (TPSA) is 41.6 Å². The number of carbonyl (C=O) groups is 1. The van der Waals surface area contributed by atoms with Crippen LogP contribution in [0.25, 0.3) is 0 Å². The van der Waals surface area contributed by atoms with Crippen LogP contribution in [0.4, 0.5) is 11.4 Å². The number of benzene rings is 2. The van der Waals surface area contributed by atoms with Gasteiger partial charge in [0.15, 0.2) is 0 Å². The Balaban J connectivity index is 1.76. The van der Waals surface area contributed by atoms with Crippen LogP contribution < -0.4 is 15.0 Å². The Labute approximate surface area is 130 Å². The van der Waals surface area contributed by atoms with Gasteiger partial charge in [-0.2, -0.15) is 0 Å². The van der Waals surface area contributed by atoms with Crippen LogP contribution in [0.15, 0.2) is 48.5 Å². The van der Waals surface area contributed by atoms with E-state index in [-0.39, 0.29) is 11.9 Å². The number of carbonyl (C=O) groups excluding carboxylic acids is 1. The van der Waals surface area contributed by atoms with Gasteiger partial charge in [-0.1, -0.05) is 30.3 Å². The van der Waals surface area contributed by atoms with Crippen LogP contribution in [0, 0.1) is 0 Å². The zero-order chi connectivity index (χ0) is 15.5. The number of amides is 1. The van der Waals surface area contributed by atoms with E-state index >= 15 is 0 Å². The monoisotopic (exact) mass is 296 g/mol. The number of anilines is 2. The highest BCUT2D eigenvalue weighted by atomic mass is 16.5. The average Bonchev–Trinajstić information content (AvgIpc) is 2.98. The number of rotatable bonds is 4. The Morgan fingerprint density at radius 2 is 1.91 bits per heavy atom. The van der Waals surface area contributed by atoms with Gasteiger partial charge in [-0.05, 0) is 37.1 Å². The highest BCUT2D eigenvalue weighted by molar-refractivity contribution is 5.98. The summed E-state index contributed by atoms with van der Waals surface area (Å²) < 4.78 is 5.28. The van der Waals surface area contributed by atoms with Gasteiger partial charge < -0.3 is 15.0 Å². The minimum Gasteiger partial charge on any atom is -0.495 e. The predicted octanol–water partition coefficient (Wildman–Crippen LogP) is 3.08. The second-order valence-corrected chi connectivity index (χ2v) is 5.44. The Bertz CT molecular complexity index is 684. The van der Waals surface area contributed by atoms with E-state index in [9.17, 15) is 4.79 Å². The van der Waals surface area contributed by atoms with E-state index in [1.54, 1.807) is 7.11 Å². The molecule has 1 aliphatic rings. The zero-order valence-electron chi connectivity index (χ0n) is 12.9. The Kier molecular flexibility index (Phi) is 4.00. The molecule has 0 spiro atoms. The molecule has 3 rings (SSSR count). The van der Waals surface area contributed by atoms with Crippen LogP contribution in [0.2, 0.25) is 0 Å². The highest BCUT2D eigenvalue weighted by Gasteiger charge is 2.27. The zero-order valence-corrected chi connectivity index (χ0v) is 12.9. The summed E-state index contributed by atoms with van der Waals surface area (Å²) in [6.45, 7) is 2.81. The van der Waals surface area contributed by atoms with Gasteiger partial charge in [0.1, 0.15) is 11.8 Å². The van der Waals surface area contributed by atoms with Gasteiger partial charge in [-0.25, -0.2) is 0 Å². The van der Waals surface area contributed by atoms with Crippen molar-refractivity contribution in [2.75, 3.05) is 23.9 Å². The van der Waals surface area contributed by atoms with Crippen molar-refractivity contribution >= 4 is 17.3 Å². The van der Waals surface area contributed by atoms with Crippen LogP contribution in [0.1, 0.15) is 12.5 Å². The lowest BCUT2D eigenvalue weighted by atomic mass is 10.1. The SMILES string of the molecule is COc1ccccc1NC(=O)[C@@H](C)N1CCc2ccccc21. The van der Waals surface area contributed by atoms with E-state index in [0.29, 0.717) is 11.4 Å². The summed E-state index contributed by atoms with van der Waals surface area (Å²) in [4.78, 5) is 14.7. The molecule has 1 atom stereocenters. The first-order valence-corrected chi connectivity index (χ1v) is 7.49. The largest absolute Gasteiger partial charge is 0.495 e. The minimum atomic E-state index is -0.228. The molecule has 4 heteroatoms. The molecule has 0 aliphatic carbocycles. The summed E-state index contributed by atoms with van der Waals surface area (Å²) in [5.74, 6) is 0.645. The lowest BCUT2D eigenvalue weighted by molar-refractivity contribution is -0.117. The molecule has 1 heterocycles. The molecule has 114 valence electrons. The first kappa shape index (κ1) is 14.4. The van der Waals surface area contributed by atoms with E-state index in [2.05, 4.69) is 22.3 Å². The number of ether oxygens (including phenoxy) is 1. The third-order valence-electron chi connectivity index (χ3n) is 4.13. The second-order valence-electron chi connectivity index (χ2n) is 5.44. The van der Waals surface area contributed by atoms with E-state index in [1.807, 2.05) is 43.3 Å². The quantitative estimate of drug-likeness (QED) is 0.942. The summed E-state index contributed by atoms with van der Waals surface area (Å²) in [6.07, 6.45) is 0.989. The number of hydrogen-bond acceptors (Lipinski definition) is 3. The van der Waals surface area contributed by atoms with E-state index in [1.165, 1.54) is 5.56 Å². The van der Waals surface area contributed by atoms with Crippen LogP contribution in [0.3, 0.4) is 0 Å². The van der Waals surface area contributed by atoms with E-state index < -0.39 is 0 Å². The van der Waals surface area contributed by atoms with Crippen molar-refractivity contribution in [2.24, 2.45) is 0 Å². The fraction of sp³-hybridized carbons (Fsp3) is 0.278. The second kappa shape index (κ2) is 6.10. The van der Waals surface area contributed by atoms with Gasteiger partial charge in [0, 0.05) is 12.2 Å². The van der Waals surface area contributed by atoms with Crippen molar-refractivity contribution in [1.82, 2.24) is 0 Å². The van der Waals surface area contributed by atoms with Gasteiger partial charge in [0.25, 0.3) is 0 Å². The third kappa shape index (κ3) is 2.64. The molecular formula is C18H20N2O2. The highest BCUT2D eigenvalue weighted by Crippen LogP contribution is 2.30. The number of fused-ring (bicyclic) bond motifs is 1. The van der Waals surface area contributed by atoms with Gasteiger partial charge in [0.2, 0.25) is 5.91 Å². The molecular weight excluding hydrogens is 276 g/mol. The lowest BCUT2D eigenvalue weighted by Gasteiger charge is -2.26. The average molecular weight is 296 g/mol. The molecule has 4 nitrogen and oxygen atoms in total. The molecule has 0 saturated carbocycles. The first-order valence-electron chi connectivity index (χ1n) is 7.49. The summed E-state index contributed by atoms with van der Waals surface area (Å²) in [6, 6.07) is 15.5. The maximum absolute atomic E-state index is 12.6. The fourth-order valence-electron chi connectivity index (χ4n) is 2.89. The summed E-state index contributed by atoms with van der Waals surface area (Å²) in [5, 5.41) is 2.96. The molecule has 2 aromatic carbocycles. The molecule has 2 aromatic rings. The van der Waals surface area contributed by atoms with Crippen LogP contribution >= 0.6 is 0 Å². The first-order chi connectivity index (χ1) is 10.7. The van der Waals surface area contributed by atoms with E-state index in [4.69, 9.17) is 4.74 Å². The van der Waals surface area contributed by atoms with Gasteiger partial charge >= 0.3 is 0 Å². The maximum atomic E-state index is 12.6. The number of methoxy groups -OCH3 is 1. The van der Waals surface area contributed by atoms with Crippen molar-refractivity contribution in [3.63, 3.8) is 0 Å². The number of para-hydroxylation sites is 3. The van der Waals surface area contributed by atoms with Gasteiger partial charge in [-0.15, -0.1) is 0 Å². The van der Waals surface area contributed by atoms with Gasteiger partial charge in [0.05, 0.1) is 12.8 Å². The lowest BCUT2D eigenvalue weighted by Crippen LogP contribution is -2.41. The predicted molar refractivity (Wildman–Crippen MR) is 88.6 cm³/mol. The van der Waals surface area contributed by atoms with Gasteiger partial charge in [-0.3, -0.25) is 4.79 Å². The summed E-state index contributed by atoms with van der Waals surface area (Å²) in [5.41, 5.74) is 3.17. The molecule has 0 radical (unpaired) electrons. The third-order valence-corrected chi connectivity index (χ3v) is 4.13. The maximum Gasteiger partial charge on any atom is 0.246 e. The Morgan fingerprint density at radius 1 is 1.18 bits per heavy atom. The number of nitrogens with zero attached hydrogens (tertiary/aromatic N) is 1. The van der Waals surface area contributed by atoms with Crippen molar-refractivity contribution in [1.29, 1.82) is 0 Å².